The van der Waals surface area contributed by atoms with Gasteiger partial charge in [-0.05, 0) is 30.5 Å². The van der Waals surface area contributed by atoms with Gasteiger partial charge in [-0.3, -0.25) is 14.4 Å². The number of nitrogens with one attached hydrogen (secondary N) is 1. The zero-order valence-corrected chi connectivity index (χ0v) is 26.6. The molecular formula is C31H32FN5O7S2. The smallest absolute Gasteiger partial charge is 0.352 e. The summed E-state index contributed by atoms with van der Waals surface area (Å²) in [6.45, 7) is 3.97. The third-order valence-corrected chi connectivity index (χ3v) is 10.8. The first kappa shape index (κ1) is 31.6. The van der Waals surface area contributed by atoms with Crippen LogP contribution in [-0.4, -0.2) is 100 Å². The number of aryl methyl sites for hydroxylation is 1. The highest BCUT2D eigenvalue weighted by Crippen LogP contribution is 2.39. The number of benzene rings is 1. The first-order valence-electron chi connectivity index (χ1n) is 14.8. The highest BCUT2D eigenvalue weighted by molar-refractivity contribution is 8.00. The van der Waals surface area contributed by atoms with E-state index in [2.05, 4.69) is 5.32 Å². The van der Waals surface area contributed by atoms with Gasteiger partial charge in [0, 0.05) is 67.1 Å². The summed E-state index contributed by atoms with van der Waals surface area (Å²) in [5, 5.41) is 14.7. The number of hydrogen-bond acceptors (Lipinski definition) is 10. The third kappa shape index (κ3) is 6.08. The topological polar surface area (TPSA) is 141 Å². The molecule has 2 saturated heterocycles. The van der Waals surface area contributed by atoms with Gasteiger partial charge in [0.2, 0.25) is 17.7 Å². The van der Waals surface area contributed by atoms with Crippen LogP contribution in [0.1, 0.15) is 22.2 Å². The van der Waals surface area contributed by atoms with E-state index >= 15 is 4.39 Å². The van der Waals surface area contributed by atoms with Crippen molar-refractivity contribution in [1.82, 2.24) is 19.7 Å². The first-order chi connectivity index (χ1) is 22.2. The number of carboxylic acids is 1. The molecule has 0 aliphatic carbocycles. The van der Waals surface area contributed by atoms with Crippen molar-refractivity contribution in [1.29, 1.82) is 0 Å². The number of thioether (sulfide) groups is 1. The minimum Gasteiger partial charge on any atom is -0.477 e. The Labute approximate surface area is 271 Å². The molecule has 2 fully saturated rings. The Kier molecular flexibility index (Phi) is 9.04. The molecule has 3 aliphatic rings. The lowest BCUT2D eigenvalue weighted by molar-refractivity contribution is -0.135. The fourth-order valence-corrected chi connectivity index (χ4v) is 8.10. The summed E-state index contributed by atoms with van der Waals surface area (Å²) in [7, 11) is 0. The normalized spacial score (nSPS) is 19.5. The van der Waals surface area contributed by atoms with E-state index in [1.165, 1.54) is 29.3 Å². The molecule has 15 heteroatoms. The summed E-state index contributed by atoms with van der Waals surface area (Å²) in [6.07, 6.45) is 2.41. The van der Waals surface area contributed by atoms with Crippen LogP contribution in [0, 0.1) is 5.82 Å². The van der Waals surface area contributed by atoms with Gasteiger partial charge in [0.25, 0.3) is 0 Å². The van der Waals surface area contributed by atoms with E-state index in [0.717, 1.165) is 17.4 Å². The summed E-state index contributed by atoms with van der Waals surface area (Å²) in [6, 6.07) is 6.26. The number of thiophene rings is 1. The van der Waals surface area contributed by atoms with E-state index in [0.29, 0.717) is 56.0 Å². The lowest BCUT2D eigenvalue weighted by Crippen LogP contribution is -2.66. The number of piperazine rings is 1. The highest BCUT2D eigenvalue weighted by atomic mass is 32.2. The predicted molar refractivity (Wildman–Crippen MR) is 172 cm³/mol. The molecule has 3 aliphatic heterocycles. The number of fused-ring (bicyclic) bond motifs is 2. The molecule has 2 atom stereocenters. The number of esters is 1. The summed E-state index contributed by atoms with van der Waals surface area (Å²) in [4.78, 5) is 68.5. The molecule has 1 aromatic carbocycles. The van der Waals surface area contributed by atoms with Crippen molar-refractivity contribution >= 4 is 63.9 Å². The monoisotopic (exact) mass is 669 g/mol. The lowest BCUT2D eigenvalue weighted by Gasteiger charge is -2.51. The fourth-order valence-electron chi connectivity index (χ4n) is 6.04. The molecule has 242 valence electrons. The van der Waals surface area contributed by atoms with Gasteiger partial charge in [-0.1, -0.05) is 6.07 Å². The molecule has 0 radical (unpaired) electrons. The van der Waals surface area contributed by atoms with Crippen molar-refractivity contribution in [2.45, 2.75) is 31.3 Å². The number of pyridine rings is 1. The number of rotatable bonds is 10. The maximum Gasteiger partial charge on any atom is 0.352 e. The zero-order chi connectivity index (χ0) is 32.5. The predicted octanol–water partition coefficient (Wildman–Crippen LogP) is 2.11. The number of halogens is 1. The molecule has 2 aromatic heterocycles. The molecule has 5 heterocycles. The van der Waals surface area contributed by atoms with Crippen molar-refractivity contribution in [2.24, 2.45) is 0 Å². The average molecular weight is 670 g/mol. The van der Waals surface area contributed by atoms with Gasteiger partial charge in [0.05, 0.1) is 29.0 Å². The quantitative estimate of drug-likeness (QED) is 0.244. The van der Waals surface area contributed by atoms with Gasteiger partial charge in [0.1, 0.15) is 23.7 Å². The molecule has 0 spiro atoms. The molecule has 2 N–H and O–H groups in total. The molecule has 0 unspecified atom stereocenters. The number of hydrogen-bond donors (Lipinski definition) is 2. The fraction of sp³-hybridized carbons (Fsp3) is 0.387. The number of amides is 2. The van der Waals surface area contributed by atoms with Gasteiger partial charge >= 0.3 is 11.9 Å². The Hall–Kier alpha value is -4.37. The molecular weight excluding hydrogens is 638 g/mol. The van der Waals surface area contributed by atoms with E-state index in [1.807, 2.05) is 29.3 Å². The number of aliphatic carboxylic acids is 1. The zero-order valence-electron chi connectivity index (χ0n) is 24.9. The van der Waals surface area contributed by atoms with Crippen LogP contribution < -0.4 is 15.6 Å². The standard InChI is InChI=1S/C31H32FN5O7S2/c1-2-35-13-21(28(40)20-11-22(32)25(12-24(20)35)36-7-5-34(17-38)6-8-36)31(43)44-15-18-16-46-29-23(14-37(29)27(18)30(41)42)33-26(39)10-19-4-3-9-45-19/h3-4,9,11-13,17,23,29H,2,5-8,10,14-16H2,1H3,(H,33,39)(H,41,42)/t23-,29-/m1/s1. The number of ether oxygens (including phenoxy) is 1. The van der Waals surface area contributed by atoms with Crippen LogP contribution in [0.3, 0.4) is 0 Å². The number of carbonyl (C=O) groups excluding carboxylic acids is 3. The van der Waals surface area contributed by atoms with Crippen LogP contribution in [0.25, 0.3) is 10.9 Å². The second-order valence-electron chi connectivity index (χ2n) is 11.2. The summed E-state index contributed by atoms with van der Waals surface area (Å²) in [5.74, 6) is -2.58. The van der Waals surface area contributed by atoms with Crippen LogP contribution in [-0.2, 0) is 32.1 Å². The number of carboxylic acid groups (broad SMARTS) is 1. The minimum atomic E-state index is -1.17. The average Bonchev–Trinajstić information content (AvgIpc) is 3.55. The Balaban J connectivity index is 1.16. The lowest BCUT2D eigenvalue weighted by atomic mass is 10.0. The summed E-state index contributed by atoms with van der Waals surface area (Å²) in [5.41, 5.74) is 0.207. The molecule has 0 saturated carbocycles. The second-order valence-corrected chi connectivity index (χ2v) is 13.4. The maximum absolute atomic E-state index is 15.3. The van der Waals surface area contributed by atoms with E-state index in [4.69, 9.17) is 4.74 Å². The Morgan fingerprint density at radius 1 is 1.20 bits per heavy atom. The van der Waals surface area contributed by atoms with Crippen LogP contribution in [0.5, 0.6) is 0 Å². The van der Waals surface area contributed by atoms with Crippen LogP contribution in [0.2, 0.25) is 0 Å². The molecule has 12 nitrogen and oxygen atoms in total. The van der Waals surface area contributed by atoms with Crippen molar-refractivity contribution < 1.29 is 33.4 Å². The van der Waals surface area contributed by atoms with Crippen LogP contribution in [0.15, 0.2) is 51.9 Å². The highest BCUT2D eigenvalue weighted by Gasteiger charge is 2.46. The minimum absolute atomic E-state index is 0.0216. The van der Waals surface area contributed by atoms with Crippen molar-refractivity contribution in [3.63, 3.8) is 0 Å². The van der Waals surface area contributed by atoms with E-state index < -0.39 is 23.2 Å². The van der Waals surface area contributed by atoms with Crippen molar-refractivity contribution in [2.75, 3.05) is 50.0 Å². The van der Waals surface area contributed by atoms with E-state index in [-0.39, 0.29) is 52.8 Å². The summed E-state index contributed by atoms with van der Waals surface area (Å²) < 4.78 is 22.5. The van der Waals surface area contributed by atoms with Crippen LogP contribution >= 0.6 is 23.1 Å². The molecule has 6 rings (SSSR count). The first-order valence-corrected chi connectivity index (χ1v) is 16.7. The molecule has 2 amide bonds. The number of carbonyl (C=O) groups is 4. The molecule has 0 bridgehead atoms. The van der Waals surface area contributed by atoms with Gasteiger partial charge in [-0.15, -0.1) is 23.1 Å². The Bertz CT molecular complexity index is 1790. The van der Waals surface area contributed by atoms with Crippen molar-refractivity contribution in [3.05, 3.63) is 73.6 Å². The SMILES string of the molecule is CCn1cc(C(=O)OCC2=C(C(=O)O)N3C[C@@H](NC(=O)Cc4cccs4)[C@H]3SC2)c(=O)c2cc(F)c(N3CCN(C=O)CC3)cc21. The van der Waals surface area contributed by atoms with E-state index in [9.17, 15) is 29.1 Å². The largest absolute Gasteiger partial charge is 0.477 e. The Morgan fingerprint density at radius 3 is 2.65 bits per heavy atom. The van der Waals surface area contributed by atoms with Crippen molar-refractivity contribution in [3.8, 4) is 0 Å². The second kappa shape index (κ2) is 13.2. The van der Waals surface area contributed by atoms with Crippen LogP contribution in [0.4, 0.5) is 10.1 Å². The van der Waals surface area contributed by atoms with Gasteiger partial charge in [-0.25, -0.2) is 14.0 Å². The van der Waals surface area contributed by atoms with E-state index in [1.54, 1.807) is 20.4 Å². The van der Waals surface area contributed by atoms with Gasteiger partial charge in [-0.2, -0.15) is 0 Å². The Morgan fingerprint density at radius 2 is 1.98 bits per heavy atom. The third-order valence-electron chi connectivity index (χ3n) is 8.45. The molecule has 3 aromatic rings. The number of nitrogens with zero attached hydrogens (tertiary/aromatic N) is 4. The number of aromatic nitrogens is 1. The van der Waals surface area contributed by atoms with Gasteiger partial charge in [0.15, 0.2) is 0 Å². The van der Waals surface area contributed by atoms with Gasteiger partial charge < -0.3 is 34.4 Å². The number of anilines is 1. The maximum atomic E-state index is 15.3. The summed E-state index contributed by atoms with van der Waals surface area (Å²) >= 11 is 2.94. The molecule has 46 heavy (non-hydrogen) atoms.